The van der Waals surface area contributed by atoms with E-state index in [0.29, 0.717) is 13.1 Å². The lowest BCUT2D eigenvalue weighted by Gasteiger charge is -2.32. The molecule has 1 saturated heterocycles. The second-order valence-corrected chi connectivity index (χ2v) is 3.61. The minimum absolute atomic E-state index is 0.528. The summed E-state index contributed by atoms with van der Waals surface area (Å²) in [6.07, 6.45) is 5.25. The molecule has 0 amide bonds. The molecule has 0 spiro atoms. The monoisotopic (exact) mass is 182 g/mol. The van der Waals surface area contributed by atoms with Gasteiger partial charge < -0.3 is 10.4 Å². The van der Waals surface area contributed by atoms with Crippen molar-refractivity contribution in [2.24, 2.45) is 0 Å². The SMILES string of the molecule is O[C@]1(Cn2ccnn2)CCCNC1. The van der Waals surface area contributed by atoms with E-state index in [0.717, 1.165) is 19.4 Å². The summed E-state index contributed by atoms with van der Waals surface area (Å²) in [6.45, 7) is 2.17. The first kappa shape index (κ1) is 8.65. The van der Waals surface area contributed by atoms with Gasteiger partial charge in [0.1, 0.15) is 0 Å². The number of piperidine rings is 1. The number of aromatic nitrogens is 3. The first-order valence-electron chi connectivity index (χ1n) is 4.56. The van der Waals surface area contributed by atoms with Gasteiger partial charge in [-0.05, 0) is 19.4 Å². The Balaban J connectivity index is 1.99. The van der Waals surface area contributed by atoms with Gasteiger partial charge in [-0.25, -0.2) is 4.68 Å². The van der Waals surface area contributed by atoms with E-state index in [1.54, 1.807) is 17.1 Å². The second kappa shape index (κ2) is 3.43. The summed E-state index contributed by atoms with van der Waals surface area (Å²) in [6, 6.07) is 0. The van der Waals surface area contributed by atoms with Crippen molar-refractivity contribution in [2.75, 3.05) is 13.1 Å². The van der Waals surface area contributed by atoms with E-state index in [9.17, 15) is 5.11 Å². The summed E-state index contributed by atoms with van der Waals surface area (Å²) >= 11 is 0. The predicted octanol–water partition coefficient (Wildman–Crippen LogP) is -0.607. The smallest absolute Gasteiger partial charge is 0.0967 e. The Labute approximate surface area is 76.8 Å². The van der Waals surface area contributed by atoms with Gasteiger partial charge in [0, 0.05) is 12.7 Å². The number of hydrogen-bond acceptors (Lipinski definition) is 4. The second-order valence-electron chi connectivity index (χ2n) is 3.61. The highest BCUT2D eigenvalue weighted by atomic mass is 16.3. The van der Waals surface area contributed by atoms with Gasteiger partial charge in [0.2, 0.25) is 0 Å². The number of nitrogens with zero attached hydrogens (tertiary/aromatic N) is 3. The van der Waals surface area contributed by atoms with Crippen LogP contribution in [0.3, 0.4) is 0 Å². The van der Waals surface area contributed by atoms with Crippen LogP contribution in [0.5, 0.6) is 0 Å². The predicted molar refractivity (Wildman–Crippen MR) is 47.1 cm³/mol. The van der Waals surface area contributed by atoms with Gasteiger partial charge in [-0.3, -0.25) is 0 Å². The van der Waals surface area contributed by atoms with Gasteiger partial charge in [0.25, 0.3) is 0 Å². The summed E-state index contributed by atoms with van der Waals surface area (Å²) in [5.41, 5.74) is -0.647. The fourth-order valence-electron chi connectivity index (χ4n) is 1.71. The zero-order chi connectivity index (χ0) is 9.15. The van der Waals surface area contributed by atoms with Crippen molar-refractivity contribution in [2.45, 2.75) is 25.0 Å². The Kier molecular flexibility index (Phi) is 2.28. The van der Waals surface area contributed by atoms with Crippen LogP contribution in [-0.4, -0.2) is 38.8 Å². The fourth-order valence-corrected chi connectivity index (χ4v) is 1.71. The normalized spacial score (nSPS) is 29.0. The third-order valence-corrected chi connectivity index (χ3v) is 2.38. The highest BCUT2D eigenvalue weighted by Crippen LogP contribution is 2.17. The zero-order valence-electron chi connectivity index (χ0n) is 7.48. The molecule has 2 N–H and O–H groups in total. The van der Waals surface area contributed by atoms with E-state index in [2.05, 4.69) is 15.6 Å². The lowest BCUT2D eigenvalue weighted by molar-refractivity contribution is -0.00265. The molecule has 0 aromatic carbocycles. The van der Waals surface area contributed by atoms with Crippen LogP contribution in [0.1, 0.15) is 12.8 Å². The molecule has 1 aliphatic heterocycles. The molecule has 1 aromatic rings. The summed E-state index contributed by atoms with van der Waals surface area (Å²) < 4.78 is 1.67. The molecule has 0 bridgehead atoms. The Morgan fingerprint density at radius 3 is 3.15 bits per heavy atom. The lowest BCUT2D eigenvalue weighted by Crippen LogP contribution is -2.48. The van der Waals surface area contributed by atoms with E-state index in [-0.39, 0.29) is 0 Å². The molecule has 0 radical (unpaired) electrons. The van der Waals surface area contributed by atoms with Gasteiger partial charge in [-0.1, -0.05) is 5.21 Å². The molecule has 0 saturated carbocycles. The van der Waals surface area contributed by atoms with E-state index in [1.807, 2.05) is 0 Å². The van der Waals surface area contributed by atoms with Crippen LogP contribution in [-0.2, 0) is 6.54 Å². The average molecular weight is 182 g/mol. The van der Waals surface area contributed by atoms with Crippen LogP contribution in [0, 0.1) is 0 Å². The Hall–Kier alpha value is -0.940. The van der Waals surface area contributed by atoms with Crippen LogP contribution >= 0.6 is 0 Å². The van der Waals surface area contributed by atoms with Crippen LogP contribution in [0.2, 0.25) is 0 Å². The van der Waals surface area contributed by atoms with Crippen molar-refractivity contribution >= 4 is 0 Å². The highest BCUT2D eigenvalue weighted by Gasteiger charge is 2.29. The third-order valence-electron chi connectivity index (χ3n) is 2.38. The summed E-state index contributed by atoms with van der Waals surface area (Å²) in [5, 5.41) is 20.8. The van der Waals surface area contributed by atoms with Crippen molar-refractivity contribution < 1.29 is 5.11 Å². The number of rotatable bonds is 2. The van der Waals surface area contributed by atoms with Gasteiger partial charge in [-0.15, -0.1) is 5.10 Å². The van der Waals surface area contributed by atoms with Crippen LogP contribution in [0.15, 0.2) is 12.4 Å². The van der Waals surface area contributed by atoms with Crippen LogP contribution in [0.4, 0.5) is 0 Å². The molecule has 0 aliphatic carbocycles. The third kappa shape index (κ3) is 2.05. The van der Waals surface area contributed by atoms with Gasteiger partial charge in [-0.2, -0.15) is 0 Å². The number of β-amino-alcohol motifs (C(OH)–C–C–N with tert-alkyl or cyclic N) is 1. The molecule has 0 unspecified atom stereocenters. The summed E-state index contributed by atoms with van der Waals surface area (Å²) in [4.78, 5) is 0. The molecule has 13 heavy (non-hydrogen) atoms. The van der Waals surface area contributed by atoms with E-state index in [4.69, 9.17) is 0 Å². The first-order chi connectivity index (χ1) is 6.29. The van der Waals surface area contributed by atoms with Crippen molar-refractivity contribution in [3.63, 3.8) is 0 Å². The Morgan fingerprint density at radius 1 is 1.62 bits per heavy atom. The van der Waals surface area contributed by atoms with Gasteiger partial charge >= 0.3 is 0 Å². The van der Waals surface area contributed by atoms with E-state index < -0.39 is 5.60 Å². The number of aliphatic hydroxyl groups is 1. The molecule has 2 heterocycles. The Morgan fingerprint density at radius 2 is 2.54 bits per heavy atom. The maximum Gasteiger partial charge on any atom is 0.0967 e. The molecule has 1 aromatic heterocycles. The molecule has 72 valence electrons. The number of nitrogens with one attached hydrogen (secondary N) is 1. The standard InChI is InChI=1S/C8H14N4O/c13-8(2-1-3-9-6-8)7-12-5-4-10-11-12/h4-5,9,13H,1-3,6-7H2/t8-/m1/s1. The minimum atomic E-state index is -0.647. The van der Waals surface area contributed by atoms with E-state index >= 15 is 0 Å². The average Bonchev–Trinajstić information content (AvgIpc) is 2.57. The van der Waals surface area contributed by atoms with Gasteiger partial charge in [0.05, 0.1) is 18.3 Å². The largest absolute Gasteiger partial charge is 0.387 e. The van der Waals surface area contributed by atoms with Crippen LogP contribution < -0.4 is 5.32 Å². The highest BCUT2D eigenvalue weighted by molar-refractivity contribution is 4.85. The number of hydrogen-bond donors (Lipinski definition) is 2. The van der Waals surface area contributed by atoms with Crippen molar-refractivity contribution in [3.05, 3.63) is 12.4 Å². The summed E-state index contributed by atoms with van der Waals surface area (Å²) in [7, 11) is 0. The maximum absolute atomic E-state index is 10.1. The summed E-state index contributed by atoms with van der Waals surface area (Å²) in [5.74, 6) is 0. The lowest BCUT2D eigenvalue weighted by atomic mass is 9.94. The van der Waals surface area contributed by atoms with Crippen molar-refractivity contribution in [3.8, 4) is 0 Å². The van der Waals surface area contributed by atoms with Gasteiger partial charge in [0.15, 0.2) is 0 Å². The topological polar surface area (TPSA) is 63.0 Å². The molecular formula is C8H14N4O. The zero-order valence-corrected chi connectivity index (χ0v) is 7.48. The molecule has 5 heteroatoms. The minimum Gasteiger partial charge on any atom is -0.387 e. The van der Waals surface area contributed by atoms with Crippen molar-refractivity contribution in [1.29, 1.82) is 0 Å². The maximum atomic E-state index is 10.1. The Bertz CT molecular complexity index is 253. The molecule has 1 fully saturated rings. The van der Waals surface area contributed by atoms with E-state index in [1.165, 1.54) is 0 Å². The molecule has 1 atom stereocenters. The molecule has 5 nitrogen and oxygen atoms in total. The molecule has 1 aliphatic rings. The quantitative estimate of drug-likeness (QED) is 0.640. The molecular weight excluding hydrogens is 168 g/mol. The van der Waals surface area contributed by atoms with Crippen LogP contribution in [0.25, 0.3) is 0 Å². The first-order valence-corrected chi connectivity index (χ1v) is 4.56. The fraction of sp³-hybridized carbons (Fsp3) is 0.750. The molecule has 2 rings (SSSR count). The van der Waals surface area contributed by atoms with Crippen molar-refractivity contribution in [1.82, 2.24) is 20.3 Å².